The fraction of sp³-hybridized carbons (Fsp3) is 0.333. The van der Waals surface area contributed by atoms with Crippen LogP contribution in [0.1, 0.15) is 28.8 Å². The van der Waals surface area contributed by atoms with Gasteiger partial charge in [0, 0.05) is 18.3 Å². The number of nitriles is 1. The highest BCUT2D eigenvalue weighted by atomic mass is 19.3. The van der Waals surface area contributed by atoms with Crippen LogP contribution in [0.25, 0.3) is 0 Å². The predicted octanol–water partition coefficient (Wildman–Crippen LogP) is 1.66. The summed E-state index contributed by atoms with van der Waals surface area (Å²) in [5.41, 5.74) is 5.68. The van der Waals surface area contributed by atoms with E-state index in [0.717, 1.165) is 6.20 Å². The molecule has 1 rings (SSSR count). The van der Waals surface area contributed by atoms with Crippen molar-refractivity contribution in [2.75, 3.05) is 0 Å². The minimum absolute atomic E-state index is 0.0882. The van der Waals surface area contributed by atoms with Gasteiger partial charge in [0.25, 0.3) is 6.43 Å². The molecule has 0 saturated heterocycles. The van der Waals surface area contributed by atoms with E-state index in [1.54, 1.807) is 6.07 Å². The van der Waals surface area contributed by atoms with Gasteiger partial charge in [-0.2, -0.15) is 5.26 Å². The Morgan fingerprint density at radius 2 is 2.29 bits per heavy atom. The molecule has 74 valence electrons. The second-order valence-corrected chi connectivity index (χ2v) is 2.77. The third-order valence-electron chi connectivity index (χ3n) is 2.01. The molecule has 0 amide bonds. The van der Waals surface area contributed by atoms with Crippen molar-refractivity contribution in [2.45, 2.75) is 19.9 Å². The number of aromatic nitrogens is 1. The van der Waals surface area contributed by atoms with Crippen molar-refractivity contribution in [2.24, 2.45) is 5.73 Å². The summed E-state index contributed by atoms with van der Waals surface area (Å²) in [6, 6.07) is 1.69. The average Bonchev–Trinajstić information content (AvgIpc) is 2.16. The topological polar surface area (TPSA) is 62.7 Å². The van der Waals surface area contributed by atoms with Gasteiger partial charge in [-0.1, -0.05) is 0 Å². The number of halogens is 2. The molecular weight excluding hydrogens is 188 g/mol. The summed E-state index contributed by atoms with van der Waals surface area (Å²) in [4.78, 5) is 3.83. The third kappa shape index (κ3) is 1.70. The number of nitrogens with zero attached hydrogens (tertiary/aromatic N) is 2. The molecule has 0 atom stereocenters. The first-order valence-electron chi connectivity index (χ1n) is 3.98. The van der Waals surface area contributed by atoms with Gasteiger partial charge in [0.15, 0.2) is 0 Å². The zero-order valence-corrected chi connectivity index (χ0v) is 7.59. The minimum Gasteiger partial charge on any atom is -0.325 e. The summed E-state index contributed by atoms with van der Waals surface area (Å²) >= 11 is 0. The van der Waals surface area contributed by atoms with Crippen LogP contribution in [0.15, 0.2) is 6.20 Å². The Hall–Kier alpha value is -1.54. The summed E-state index contributed by atoms with van der Waals surface area (Å²) in [6.07, 6.45) is -1.53. The van der Waals surface area contributed by atoms with Crippen LogP contribution >= 0.6 is 0 Å². The lowest BCUT2D eigenvalue weighted by molar-refractivity contribution is 0.150. The van der Waals surface area contributed by atoms with E-state index < -0.39 is 6.43 Å². The molecule has 2 N–H and O–H groups in total. The molecule has 1 aromatic heterocycles. The van der Waals surface area contributed by atoms with Crippen molar-refractivity contribution >= 4 is 0 Å². The second kappa shape index (κ2) is 4.11. The standard InChI is InChI=1S/C9H9F2N3/c1-5-7(3-13)14-4-6(2-12)8(5)9(10)11/h4,9H,3,13H2,1H3. The van der Waals surface area contributed by atoms with Gasteiger partial charge in [-0.05, 0) is 12.5 Å². The molecule has 0 aliphatic rings. The van der Waals surface area contributed by atoms with Crippen LogP contribution in [-0.2, 0) is 6.54 Å². The Kier molecular flexibility index (Phi) is 3.10. The van der Waals surface area contributed by atoms with Gasteiger partial charge in [-0.15, -0.1) is 0 Å². The lowest BCUT2D eigenvalue weighted by Gasteiger charge is -2.09. The van der Waals surface area contributed by atoms with Crippen LogP contribution in [0.3, 0.4) is 0 Å². The molecule has 0 aliphatic carbocycles. The molecule has 0 spiro atoms. The second-order valence-electron chi connectivity index (χ2n) is 2.77. The van der Waals surface area contributed by atoms with Gasteiger partial charge in [-0.25, -0.2) is 8.78 Å². The first-order chi connectivity index (χ1) is 6.61. The van der Waals surface area contributed by atoms with Crippen LogP contribution in [0, 0.1) is 18.3 Å². The maximum absolute atomic E-state index is 12.6. The first kappa shape index (κ1) is 10.5. The number of alkyl halides is 2. The monoisotopic (exact) mass is 197 g/mol. The summed E-state index contributed by atoms with van der Waals surface area (Å²) in [6.45, 7) is 1.59. The van der Waals surface area contributed by atoms with Crippen molar-refractivity contribution in [3.05, 3.63) is 28.6 Å². The molecule has 14 heavy (non-hydrogen) atoms. The van der Waals surface area contributed by atoms with Crippen molar-refractivity contribution in [3.8, 4) is 6.07 Å². The van der Waals surface area contributed by atoms with Crippen molar-refractivity contribution < 1.29 is 8.78 Å². The SMILES string of the molecule is Cc1c(CN)ncc(C#N)c1C(F)F. The quantitative estimate of drug-likeness (QED) is 0.784. The molecule has 3 nitrogen and oxygen atoms in total. The van der Waals surface area contributed by atoms with E-state index in [2.05, 4.69) is 4.98 Å². The highest BCUT2D eigenvalue weighted by Crippen LogP contribution is 2.26. The van der Waals surface area contributed by atoms with E-state index in [-0.39, 0.29) is 17.7 Å². The molecule has 1 aromatic rings. The lowest BCUT2D eigenvalue weighted by atomic mass is 10.0. The number of hydrogen-bond acceptors (Lipinski definition) is 3. The Labute approximate surface area is 80.2 Å². The van der Waals surface area contributed by atoms with E-state index in [1.165, 1.54) is 6.92 Å². The van der Waals surface area contributed by atoms with E-state index in [4.69, 9.17) is 11.0 Å². The van der Waals surface area contributed by atoms with Crippen molar-refractivity contribution in [3.63, 3.8) is 0 Å². The van der Waals surface area contributed by atoms with E-state index in [1.807, 2.05) is 0 Å². The number of hydrogen-bond donors (Lipinski definition) is 1. The smallest absolute Gasteiger partial charge is 0.265 e. The predicted molar refractivity (Wildman–Crippen MR) is 46.5 cm³/mol. The van der Waals surface area contributed by atoms with Gasteiger partial charge in [0.2, 0.25) is 0 Å². The van der Waals surface area contributed by atoms with Gasteiger partial charge in [0.05, 0.1) is 11.3 Å². The molecule has 0 fully saturated rings. The van der Waals surface area contributed by atoms with Gasteiger partial charge in [-0.3, -0.25) is 4.98 Å². The van der Waals surface area contributed by atoms with Crippen LogP contribution in [0.5, 0.6) is 0 Å². The molecular formula is C9H9F2N3. The van der Waals surface area contributed by atoms with Gasteiger partial charge < -0.3 is 5.73 Å². The highest BCUT2D eigenvalue weighted by Gasteiger charge is 2.18. The minimum atomic E-state index is -2.67. The largest absolute Gasteiger partial charge is 0.325 e. The van der Waals surface area contributed by atoms with Crippen LogP contribution < -0.4 is 5.73 Å². The average molecular weight is 197 g/mol. The molecule has 5 heteroatoms. The number of nitrogens with two attached hydrogens (primary N) is 1. The lowest BCUT2D eigenvalue weighted by Crippen LogP contribution is -2.07. The van der Waals surface area contributed by atoms with Gasteiger partial charge >= 0.3 is 0 Å². The van der Waals surface area contributed by atoms with Crippen LogP contribution in [0.2, 0.25) is 0 Å². The fourth-order valence-electron chi connectivity index (χ4n) is 1.24. The Bertz CT molecular complexity index is 382. The van der Waals surface area contributed by atoms with Crippen molar-refractivity contribution in [1.82, 2.24) is 4.98 Å². The normalized spacial score (nSPS) is 10.3. The van der Waals surface area contributed by atoms with E-state index in [0.29, 0.717) is 11.3 Å². The third-order valence-corrected chi connectivity index (χ3v) is 2.01. The molecule has 0 aliphatic heterocycles. The molecule has 0 aromatic carbocycles. The molecule has 0 saturated carbocycles. The van der Waals surface area contributed by atoms with Gasteiger partial charge in [0.1, 0.15) is 6.07 Å². The van der Waals surface area contributed by atoms with E-state index in [9.17, 15) is 8.78 Å². The molecule has 0 unspecified atom stereocenters. The molecule has 1 heterocycles. The zero-order valence-electron chi connectivity index (χ0n) is 7.59. The number of rotatable bonds is 2. The highest BCUT2D eigenvalue weighted by molar-refractivity contribution is 5.43. The van der Waals surface area contributed by atoms with E-state index >= 15 is 0 Å². The van der Waals surface area contributed by atoms with Crippen LogP contribution in [0.4, 0.5) is 8.78 Å². The number of pyridine rings is 1. The summed E-state index contributed by atoms with van der Waals surface area (Å²) in [5, 5.41) is 8.60. The Balaban J connectivity index is 3.41. The molecule has 0 bridgehead atoms. The molecule has 0 radical (unpaired) electrons. The maximum Gasteiger partial charge on any atom is 0.265 e. The first-order valence-corrected chi connectivity index (χ1v) is 3.98. The summed E-state index contributed by atoms with van der Waals surface area (Å²) in [7, 11) is 0. The summed E-state index contributed by atoms with van der Waals surface area (Å²) < 4.78 is 25.1. The zero-order chi connectivity index (χ0) is 10.7. The fourth-order valence-corrected chi connectivity index (χ4v) is 1.24. The Morgan fingerprint density at radius 1 is 1.64 bits per heavy atom. The van der Waals surface area contributed by atoms with Crippen molar-refractivity contribution in [1.29, 1.82) is 5.26 Å². The summed E-state index contributed by atoms with van der Waals surface area (Å²) in [5.74, 6) is 0. The van der Waals surface area contributed by atoms with Crippen LogP contribution in [-0.4, -0.2) is 4.98 Å². The maximum atomic E-state index is 12.6. The Morgan fingerprint density at radius 3 is 2.71 bits per heavy atom.